The summed E-state index contributed by atoms with van der Waals surface area (Å²) in [6.07, 6.45) is 0.0934. The first kappa shape index (κ1) is 14.7. The van der Waals surface area contributed by atoms with Gasteiger partial charge in [0.15, 0.2) is 0 Å². The minimum atomic E-state index is -0.636. The average molecular weight is 363 g/mol. The van der Waals surface area contributed by atoms with Gasteiger partial charge in [-0.3, -0.25) is 14.9 Å². The second-order valence-corrected chi connectivity index (χ2v) is 5.82. The Labute approximate surface area is 118 Å². The topological polar surface area (TPSA) is 98.3 Å². The second-order valence-electron chi connectivity index (χ2n) is 4.57. The number of rotatable bonds is 5. The fourth-order valence-corrected chi connectivity index (χ4v) is 2.08. The van der Waals surface area contributed by atoms with Gasteiger partial charge in [0.1, 0.15) is 5.69 Å². The van der Waals surface area contributed by atoms with Crippen molar-refractivity contribution in [2.75, 3.05) is 5.32 Å². The Morgan fingerprint density at radius 2 is 2.17 bits per heavy atom. The van der Waals surface area contributed by atoms with Crippen LogP contribution in [0.4, 0.5) is 11.4 Å². The lowest BCUT2D eigenvalue weighted by atomic mass is 9.99. The molecule has 0 bridgehead atoms. The summed E-state index contributed by atoms with van der Waals surface area (Å²) in [5, 5.41) is 13.9. The van der Waals surface area contributed by atoms with E-state index in [0.717, 1.165) is 3.57 Å². The molecular formula is C11H14IN3O3. The molecule has 0 atom stereocenters. The molecule has 0 aliphatic heterocycles. The van der Waals surface area contributed by atoms with Crippen LogP contribution in [0.1, 0.15) is 20.3 Å². The normalized spacial score (nSPS) is 11.1. The molecule has 1 aromatic carbocycles. The number of nitro benzene ring substituents is 1. The van der Waals surface area contributed by atoms with E-state index in [4.69, 9.17) is 5.73 Å². The molecule has 0 saturated carbocycles. The van der Waals surface area contributed by atoms with E-state index in [1.807, 2.05) is 22.6 Å². The monoisotopic (exact) mass is 363 g/mol. The van der Waals surface area contributed by atoms with Gasteiger partial charge in [0.2, 0.25) is 5.91 Å². The number of anilines is 1. The molecule has 1 amide bonds. The number of nitrogens with one attached hydrogen (secondary N) is 1. The Balaban J connectivity index is 3.03. The number of halogens is 1. The lowest BCUT2D eigenvalue weighted by Crippen LogP contribution is -2.36. The van der Waals surface area contributed by atoms with Crippen molar-refractivity contribution in [3.8, 4) is 0 Å². The van der Waals surface area contributed by atoms with Crippen molar-refractivity contribution in [1.82, 2.24) is 0 Å². The molecule has 7 heteroatoms. The van der Waals surface area contributed by atoms with Gasteiger partial charge < -0.3 is 11.1 Å². The van der Waals surface area contributed by atoms with E-state index < -0.39 is 16.4 Å². The molecule has 0 aromatic heterocycles. The van der Waals surface area contributed by atoms with Gasteiger partial charge in [-0.15, -0.1) is 0 Å². The van der Waals surface area contributed by atoms with Gasteiger partial charge in [-0.1, -0.05) is 0 Å². The molecule has 98 valence electrons. The smallest absolute Gasteiger partial charge is 0.293 e. The van der Waals surface area contributed by atoms with Crippen LogP contribution in [0.15, 0.2) is 18.2 Å². The predicted octanol–water partition coefficient (Wildman–Crippen LogP) is 2.27. The molecule has 0 aliphatic rings. The quantitative estimate of drug-likeness (QED) is 0.476. The number of hydrogen-bond donors (Lipinski definition) is 2. The highest BCUT2D eigenvalue weighted by Gasteiger charge is 2.24. The molecule has 0 spiro atoms. The first-order valence-corrected chi connectivity index (χ1v) is 6.29. The number of amides is 1. The number of nitrogens with two attached hydrogens (primary N) is 1. The van der Waals surface area contributed by atoms with E-state index in [1.54, 1.807) is 26.0 Å². The summed E-state index contributed by atoms with van der Waals surface area (Å²) in [6.45, 7) is 3.53. The summed E-state index contributed by atoms with van der Waals surface area (Å²) in [5.41, 5.74) is 4.87. The van der Waals surface area contributed by atoms with Crippen LogP contribution in [0.25, 0.3) is 0 Å². The Morgan fingerprint density at radius 1 is 1.56 bits per heavy atom. The first-order valence-electron chi connectivity index (χ1n) is 5.22. The Bertz CT molecular complexity index is 488. The SMILES string of the molecule is CC(C)(CC(N)=O)Nc1ccc(I)cc1[N+](=O)[O-]. The van der Waals surface area contributed by atoms with Gasteiger partial charge in [-0.2, -0.15) is 0 Å². The number of carbonyl (C=O) groups is 1. The van der Waals surface area contributed by atoms with E-state index in [-0.39, 0.29) is 12.1 Å². The summed E-state index contributed by atoms with van der Waals surface area (Å²) in [4.78, 5) is 21.4. The fraction of sp³-hybridized carbons (Fsp3) is 0.364. The standard InChI is InChI=1S/C11H14IN3O3/c1-11(2,6-10(13)16)14-8-4-3-7(12)5-9(8)15(17)18/h3-5,14H,6H2,1-2H3,(H2,13,16). The summed E-state index contributed by atoms with van der Waals surface area (Å²) < 4.78 is 0.776. The van der Waals surface area contributed by atoms with Crippen LogP contribution in [0.5, 0.6) is 0 Å². The Morgan fingerprint density at radius 3 is 2.67 bits per heavy atom. The van der Waals surface area contributed by atoms with Crippen molar-refractivity contribution < 1.29 is 9.72 Å². The number of nitrogens with zero attached hydrogens (tertiary/aromatic N) is 1. The van der Waals surface area contributed by atoms with Crippen molar-refractivity contribution in [3.63, 3.8) is 0 Å². The Hall–Kier alpha value is -1.38. The molecule has 1 aromatic rings. The zero-order chi connectivity index (χ0) is 13.9. The molecular weight excluding hydrogens is 349 g/mol. The van der Waals surface area contributed by atoms with Gasteiger partial charge in [0.25, 0.3) is 5.69 Å². The molecule has 0 aliphatic carbocycles. The minimum absolute atomic E-state index is 0.0144. The van der Waals surface area contributed by atoms with E-state index in [9.17, 15) is 14.9 Å². The molecule has 3 N–H and O–H groups in total. The Kier molecular flexibility index (Phi) is 4.49. The highest BCUT2D eigenvalue weighted by molar-refractivity contribution is 14.1. The van der Waals surface area contributed by atoms with E-state index in [2.05, 4.69) is 5.32 Å². The summed E-state index contributed by atoms with van der Waals surface area (Å²) >= 11 is 2.01. The molecule has 0 heterocycles. The molecule has 1 rings (SSSR count). The maximum atomic E-state index is 11.0. The molecule has 0 unspecified atom stereocenters. The van der Waals surface area contributed by atoms with Crippen molar-refractivity contribution in [3.05, 3.63) is 31.9 Å². The van der Waals surface area contributed by atoms with Crippen molar-refractivity contribution in [2.45, 2.75) is 25.8 Å². The maximum Gasteiger partial charge on any atom is 0.293 e. The van der Waals surface area contributed by atoms with Gasteiger partial charge in [0.05, 0.1) is 4.92 Å². The van der Waals surface area contributed by atoms with Crippen LogP contribution in [-0.4, -0.2) is 16.4 Å². The van der Waals surface area contributed by atoms with E-state index in [0.29, 0.717) is 5.69 Å². The number of carbonyl (C=O) groups excluding carboxylic acids is 1. The highest BCUT2D eigenvalue weighted by Crippen LogP contribution is 2.29. The molecule has 6 nitrogen and oxygen atoms in total. The van der Waals surface area contributed by atoms with Crippen LogP contribution in [-0.2, 0) is 4.79 Å². The van der Waals surface area contributed by atoms with Crippen LogP contribution < -0.4 is 11.1 Å². The van der Waals surface area contributed by atoms with Crippen molar-refractivity contribution in [2.24, 2.45) is 5.73 Å². The summed E-state index contributed by atoms with van der Waals surface area (Å²) in [6, 6.07) is 4.86. The number of primary amides is 1. The van der Waals surface area contributed by atoms with Crippen LogP contribution >= 0.6 is 22.6 Å². The lowest BCUT2D eigenvalue weighted by Gasteiger charge is -2.25. The number of hydrogen-bond acceptors (Lipinski definition) is 4. The second kappa shape index (κ2) is 5.51. The highest BCUT2D eigenvalue weighted by atomic mass is 127. The van der Waals surface area contributed by atoms with Crippen molar-refractivity contribution in [1.29, 1.82) is 0 Å². The number of nitro groups is 1. The largest absolute Gasteiger partial charge is 0.374 e. The molecule has 0 fully saturated rings. The van der Waals surface area contributed by atoms with Crippen molar-refractivity contribution >= 4 is 39.9 Å². The average Bonchev–Trinajstić information content (AvgIpc) is 2.18. The van der Waals surface area contributed by atoms with Gasteiger partial charge in [-0.25, -0.2) is 0 Å². The van der Waals surface area contributed by atoms with Gasteiger partial charge in [-0.05, 0) is 48.6 Å². The lowest BCUT2D eigenvalue weighted by molar-refractivity contribution is -0.384. The minimum Gasteiger partial charge on any atom is -0.374 e. The van der Waals surface area contributed by atoms with Crippen LogP contribution in [0.3, 0.4) is 0 Å². The fourth-order valence-electron chi connectivity index (χ4n) is 1.61. The number of benzene rings is 1. The zero-order valence-electron chi connectivity index (χ0n) is 10.1. The molecule has 0 saturated heterocycles. The predicted molar refractivity (Wildman–Crippen MR) is 77.3 cm³/mol. The van der Waals surface area contributed by atoms with Gasteiger partial charge in [0, 0.05) is 21.6 Å². The van der Waals surface area contributed by atoms with Gasteiger partial charge >= 0.3 is 0 Å². The molecule has 0 radical (unpaired) electrons. The zero-order valence-corrected chi connectivity index (χ0v) is 12.2. The van der Waals surface area contributed by atoms with Crippen LogP contribution in [0.2, 0.25) is 0 Å². The third kappa shape index (κ3) is 4.13. The van der Waals surface area contributed by atoms with E-state index >= 15 is 0 Å². The first-order chi connectivity index (χ1) is 8.21. The third-order valence-electron chi connectivity index (χ3n) is 2.25. The van der Waals surface area contributed by atoms with E-state index in [1.165, 1.54) is 6.07 Å². The third-order valence-corrected chi connectivity index (χ3v) is 2.92. The summed E-state index contributed by atoms with van der Waals surface area (Å²) in [5.74, 6) is -0.458. The summed E-state index contributed by atoms with van der Waals surface area (Å²) in [7, 11) is 0. The molecule has 18 heavy (non-hydrogen) atoms. The van der Waals surface area contributed by atoms with Crippen LogP contribution in [0, 0.1) is 13.7 Å². The maximum absolute atomic E-state index is 11.0.